The van der Waals surface area contributed by atoms with E-state index in [4.69, 9.17) is 10.2 Å². The number of hydrogen-bond donors (Lipinski definition) is 2. The van der Waals surface area contributed by atoms with Gasteiger partial charge in [-0.25, -0.2) is 9.59 Å². The van der Waals surface area contributed by atoms with E-state index in [1.165, 1.54) is 58.7 Å². The lowest BCUT2D eigenvalue weighted by Gasteiger charge is -2.01. The molecular formula is C25H28O4S. The van der Waals surface area contributed by atoms with Gasteiger partial charge in [-0.1, -0.05) is 50.1 Å². The van der Waals surface area contributed by atoms with Crippen LogP contribution < -0.4 is 0 Å². The number of thiophene rings is 1. The van der Waals surface area contributed by atoms with Crippen LogP contribution in [0.5, 0.6) is 0 Å². The second-order valence-corrected chi connectivity index (χ2v) is 8.35. The fourth-order valence-electron chi connectivity index (χ4n) is 3.04. The first-order valence-electron chi connectivity index (χ1n) is 10.1. The third kappa shape index (κ3) is 6.56. The van der Waals surface area contributed by atoms with Gasteiger partial charge < -0.3 is 10.2 Å². The zero-order valence-corrected chi connectivity index (χ0v) is 18.5. The number of carbonyl (C=O) groups is 2. The van der Waals surface area contributed by atoms with Gasteiger partial charge in [0, 0.05) is 9.75 Å². The molecule has 2 aromatic carbocycles. The highest BCUT2D eigenvalue weighted by Gasteiger charge is 2.10. The minimum atomic E-state index is -1.12. The zero-order valence-electron chi connectivity index (χ0n) is 17.6. The molecular weight excluding hydrogens is 396 g/mol. The van der Waals surface area contributed by atoms with Crippen molar-refractivity contribution in [3.8, 4) is 10.4 Å². The molecule has 0 spiro atoms. The predicted molar refractivity (Wildman–Crippen MR) is 123 cm³/mol. The van der Waals surface area contributed by atoms with Crippen molar-refractivity contribution in [3.05, 3.63) is 81.7 Å². The van der Waals surface area contributed by atoms with Gasteiger partial charge in [0.2, 0.25) is 0 Å². The van der Waals surface area contributed by atoms with Crippen molar-refractivity contribution in [1.29, 1.82) is 0 Å². The van der Waals surface area contributed by atoms with Crippen molar-refractivity contribution in [2.24, 2.45) is 0 Å². The van der Waals surface area contributed by atoms with Crippen molar-refractivity contribution in [2.45, 2.75) is 46.5 Å². The number of benzene rings is 2. The number of rotatable bonds is 7. The summed E-state index contributed by atoms with van der Waals surface area (Å²) in [6.07, 6.45) is 5.21. The fraction of sp³-hybridized carbons (Fsp3) is 0.280. The van der Waals surface area contributed by atoms with Gasteiger partial charge >= 0.3 is 11.9 Å². The minimum absolute atomic E-state index is 0.0111. The van der Waals surface area contributed by atoms with Crippen LogP contribution in [0.15, 0.2) is 54.6 Å². The number of carboxylic acid groups (broad SMARTS) is 2. The van der Waals surface area contributed by atoms with Crippen LogP contribution in [0.25, 0.3) is 10.4 Å². The quantitative estimate of drug-likeness (QED) is 0.407. The Morgan fingerprint density at radius 1 is 0.867 bits per heavy atom. The average Bonchev–Trinajstić information content (AvgIpc) is 3.17. The average molecular weight is 425 g/mol. The number of aromatic carboxylic acids is 2. The summed E-state index contributed by atoms with van der Waals surface area (Å²) in [5, 5.41) is 17.3. The summed E-state index contributed by atoms with van der Waals surface area (Å²) in [6, 6.07) is 17.2. The van der Waals surface area contributed by atoms with Gasteiger partial charge in [-0.15, -0.1) is 11.3 Å². The van der Waals surface area contributed by atoms with Crippen molar-refractivity contribution < 1.29 is 19.8 Å². The van der Waals surface area contributed by atoms with Crippen LogP contribution in [-0.4, -0.2) is 22.2 Å². The maximum atomic E-state index is 10.6. The summed E-state index contributed by atoms with van der Waals surface area (Å²) < 4.78 is 0. The molecule has 0 saturated carbocycles. The Balaban J connectivity index is 0.000000222. The molecule has 0 fully saturated rings. The largest absolute Gasteiger partial charge is 0.478 e. The smallest absolute Gasteiger partial charge is 0.335 e. The summed E-state index contributed by atoms with van der Waals surface area (Å²) in [5.74, 6) is -2.23. The molecule has 0 saturated heterocycles. The summed E-state index contributed by atoms with van der Waals surface area (Å²) in [4.78, 5) is 24.0. The molecule has 0 bridgehead atoms. The van der Waals surface area contributed by atoms with E-state index >= 15 is 0 Å². The first kappa shape index (κ1) is 23.4. The molecule has 0 radical (unpaired) electrons. The monoisotopic (exact) mass is 424 g/mol. The molecule has 3 rings (SSSR count). The topological polar surface area (TPSA) is 74.6 Å². The molecule has 0 aliphatic carbocycles. The number of unbranched alkanes of at least 4 members (excludes halogenated alkanes) is 2. The standard InChI is InChI=1S/C16H20S.C9H8O4/c1-3-4-5-9-14-11-12-16(17-14)15-10-7-6-8-13(15)2;1-5-2-3-6(8(10)11)4-7(5)9(12)13/h6-8,10-12H,3-5,9H2,1-2H3;2-4H,1H3,(H,10,11)(H,12,13). The molecule has 0 unspecified atom stereocenters. The predicted octanol–water partition coefficient (Wildman–Crippen LogP) is 6.85. The minimum Gasteiger partial charge on any atom is -0.478 e. The highest BCUT2D eigenvalue weighted by Crippen LogP contribution is 2.31. The first-order valence-corrected chi connectivity index (χ1v) is 10.9. The Hall–Kier alpha value is -2.92. The normalized spacial score (nSPS) is 10.2. The molecule has 0 aliphatic heterocycles. The molecule has 1 heterocycles. The van der Waals surface area contributed by atoms with Crippen molar-refractivity contribution in [3.63, 3.8) is 0 Å². The Kier molecular flexibility index (Phi) is 8.81. The second-order valence-electron chi connectivity index (χ2n) is 7.18. The van der Waals surface area contributed by atoms with Gasteiger partial charge in [0.05, 0.1) is 11.1 Å². The third-order valence-corrected chi connectivity index (χ3v) is 5.99. The van der Waals surface area contributed by atoms with Gasteiger partial charge in [0.25, 0.3) is 0 Å². The summed E-state index contributed by atoms with van der Waals surface area (Å²) in [6.45, 7) is 6.06. The van der Waals surface area contributed by atoms with Crippen molar-refractivity contribution in [2.75, 3.05) is 0 Å². The molecule has 0 amide bonds. The summed E-state index contributed by atoms with van der Waals surface area (Å²) in [7, 11) is 0. The maximum absolute atomic E-state index is 10.6. The van der Waals surface area contributed by atoms with Crippen LogP contribution >= 0.6 is 11.3 Å². The lowest BCUT2D eigenvalue weighted by Crippen LogP contribution is -2.03. The Morgan fingerprint density at radius 2 is 1.60 bits per heavy atom. The highest BCUT2D eigenvalue weighted by atomic mass is 32.1. The molecule has 2 N–H and O–H groups in total. The molecule has 3 aromatic rings. The first-order chi connectivity index (χ1) is 14.3. The lowest BCUT2D eigenvalue weighted by atomic mass is 10.1. The zero-order chi connectivity index (χ0) is 22.1. The van der Waals surface area contributed by atoms with E-state index in [2.05, 4.69) is 50.2 Å². The van der Waals surface area contributed by atoms with Crippen molar-refractivity contribution in [1.82, 2.24) is 0 Å². The van der Waals surface area contributed by atoms with E-state index < -0.39 is 11.9 Å². The molecule has 1 aromatic heterocycles. The van der Waals surface area contributed by atoms with Crippen LogP contribution in [0.1, 0.15) is 62.9 Å². The van der Waals surface area contributed by atoms with Crippen LogP contribution in [0, 0.1) is 13.8 Å². The molecule has 158 valence electrons. The van der Waals surface area contributed by atoms with Gasteiger partial charge in [-0.3, -0.25) is 0 Å². The van der Waals surface area contributed by atoms with E-state index in [0.29, 0.717) is 5.56 Å². The molecule has 0 atom stereocenters. The molecule has 4 nitrogen and oxygen atoms in total. The van der Waals surface area contributed by atoms with E-state index in [9.17, 15) is 9.59 Å². The lowest BCUT2D eigenvalue weighted by molar-refractivity contribution is 0.0695. The molecule has 5 heteroatoms. The second kappa shape index (κ2) is 11.3. The Bertz CT molecular complexity index is 1000. The van der Waals surface area contributed by atoms with Crippen LogP contribution in [-0.2, 0) is 6.42 Å². The van der Waals surface area contributed by atoms with Gasteiger partial charge in [-0.05, 0) is 67.6 Å². The maximum Gasteiger partial charge on any atom is 0.335 e. The number of carboxylic acids is 2. The Labute approximate surface area is 181 Å². The van der Waals surface area contributed by atoms with Gasteiger partial charge in [-0.2, -0.15) is 0 Å². The molecule has 30 heavy (non-hydrogen) atoms. The van der Waals surface area contributed by atoms with E-state index in [1.807, 2.05) is 11.3 Å². The number of hydrogen-bond acceptors (Lipinski definition) is 3. The SMILES string of the molecule is CCCCCc1ccc(-c2ccccc2C)s1.Cc1ccc(C(=O)O)cc1C(=O)O. The number of aryl methyl sites for hydroxylation is 3. The van der Waals surface area contributed by atoms with Crippen molar-refractivity contribution >= 4 is 23.3 Å². The van der Waals surface area contributed by atoms with E-state index in [-0.39, 0.29) is 11.1 Å². The molecule has 0 aliphatic rings. The van der Waals surface area contributed by atoms with E-state index in [0.717, 1.165) is 6.07 Å². The van der Waals surface area contributed by atoms with Crippen LogP contribution in [0.2, 0.25) is 0 Å². The Morgan fingerprint density at radius 3 is 2.23 bits per heavy atom. The van der Waals surface area contributed by atoms with Gasteiger partial charge in [0.1, 0.15) is 0 Å². The third-order valence-electron chi connectivity index (χ3n) is 4.81. The van der Waals surface area contributed by atoms with Gasteiger partial charge in [0.15, 0.2) is 0 Å². The summed E-state index contributed by atoms with van der Waals surface area (Å²) in [5.41, 5.74) is 3.33. The van der Waals surface area contributed by atoms with Crippen LogP contribution in [0.4, 0.5) is 0 Å². The summed E-state index contributed by atoms with van der Waals surface area (Å²) >= 11 is 1.95. The van der Waals surface area contributed by atoms with Crippen LogP contribution in [0.3, 0.4) is 0 Å². The highest BCUT2D eigenvalue weighted by molar-refractivity contribution is 7.15. The fourth-order valence-corrected chi connectivity index (χ4v) is 4.18. The van der Waals surface area contributed by atoms with E-state index in [1.54, 1.807) is 6.92 Å².